The van der Waals surface area contributed by atoms with Gasteiger partial charge < -0.3 is 20.5 Å². The first-order chi connectivity index (χ1) is 14.3. The van der Waals surface area contributed by atoms with Gasteiger partial charge in [-0.3, -0.25) is 9.59 Å². The number of hydrogen-bond donors (Lipinski definition) is 2. The second-order valence-corrected chi connectivity index (χ2v) is 6.06. The fourth-order valence-electron chi connectivity index (χ4n) is 2.36. The van der Waals surface area contributed by atoms with Gasteiger partial charge in [0.25, 0.3) is 5.91 Å². The number of nitrogens with one attached hydrogen (secondary N) is 1. The molecular weight excluding hydrogens is 392 g/mol. The molecule has 0 heterocycles. The van der Waals surface area contributed by atoms with E-state index in [1.54, 1.807) is 24.3 Å². The van der Waals surface area contributed by atoms with Crippen molar-refractivity contribution in [2.45, 2.75) is 13.0 Å². The quantitative estimate of drug-likeness (QED) is 0.307. The van der Waals surface area contributed by atoms with E-state index in [0.29, 0.717) is 11.4 Å². The van der Waals surface area contributed by atoms with Crippen molar-refractivity contribution >= 4 is 40.7 Å². The number of nitrogens with two attached hydrogens (primary N) is 1. The maximum Gasteiger partial charge on any atom is 0.340 e. The molecule has 3 N–H and O–H groups in total. The molecule has 0 aliphatic carbocycles. The number of methoxy groups -OCH3 is 2. The Balaban J connectivity index is 2.35. The molecule has 0 fully saturated rings. The molecule has 0 aliphatic rings. The summed E-state index contributed by atoms with van der Waals surface area (Å²) in [5.74, 6) is -2.69. The molecule has 156 valence electrons. The van der Waals surface area contributed by atoms with Crippen LogP contribution in [0.2, 0.25) is 0 Å². The number of anilines is 2. The molecule has 0 radical (unpaired) electrons. The van der Waals surface area contributed by atoms with E-state index in [0.717, 1.165) is 0 Å². The Kier molecular flexibility index (Phi) is 7.34. The molecular formula is C20H20N4O6. The van der Waals surface area contributed by atoms with Crippen molar-refractivity contribution in [3.63, 3.8) is 0 Å². The van der Waals surface area contributed by atoms with Gasteiger partial charge >= 0.3 is 11.9 Å². The maximum atomic E-state index is 12.5. The molecule has 30 heavy (non-hydrogen) atoms. The number of esters is 2. The van der Waals surface area contributed by atoms with E-state index >= 15 is 0 Å². The smallest absolute Gasteiger partial charge is 0.340 e. The monoisotopic (exact) mass is 412 g/mol. The number of nitrogens with zero attached hydrogens (tertiary/aromatic N) is 2. The number of hydrogen-bond acceptors (Lipinski definition) is 9. The van der Waals surface area contributed by atoms with Crippen LogP contribution in [0.1, 0.15) is 27.6 Å². The molecule has 2 rings (SSSR count). The summed E-state index contributed by atoms with van der Waals surface area (Å²) < 4.78 is 9.32. The Bertz CT molecular complexity index is 1000. The highest BCUT2D eigenvalue weighted by Gasteiger charge is 2.24. The highest BCUT2D eigenvalue weighted by molar-refractivity contribution is 6.10. The van der Waals surface area contributed by atoms with Crippen LogP contribution in [0, 0.1) is 0 Å². The summed E-state index contributed by atoms with van der Waals surface area (Å²) in [4.78, 5) is 48.2. The highest BCUT2D eigenvalue weighted by atomic mass is 16.5. The highest BCUT2D eigenvalue weighted by Crippen LogP contribution is 2.24. The van der Waals surface area contributed by atoms with Crippen LogP contribution in [0.25, 0.3) is 0 Å². The van der Waals surface area contributed by atoms with Crippen molar-refractivity contribution in [1.29, 1.82) is 0 Å². The molecule has 1 atom stereocenters. The summed E-state index contributed by atoms with van der Waals surface area (Å²) in [6.45, 7) is 1.18. The minimum Gasteiger partial charge on any atom is -0.465 e. The third kappa shape index (κ3) is 5.47. The van der Waals surface area contributed by atoms with Crippen LogP contribution in [0.4, 0.5) is 17.1 Å². The predicted molar refractivity (Wildman–Crippen MR) is 108 cm³/mol. The summed E-state index contributed by atoms with van der Waals surface area (Å²) in [5, 5.41) is 10.2. The number of ether oxygens (including phenoxy) is 2. The van der Waals surface area contributed by atoms with Crippen LogP contribution in [0.3, 0.4) is 0 Å². The first-order valence-corrected chi connectivity index (χ1v) is 8.65. The topological polar surface area (TPSA) is 150 Å². The Hall–Kier alpha value is -4.08. The maximum absolute atomic E-state index is 12.5. The fraction of sp³-hybridized carbons (Fsp3) is 0.200. The van der Waals surface area contributed by atoms with Gasteiger partial charge in [0, 0.05) is 11.4 Å². The number of carbonyl (C=O) groups excluding carboxylic acids is 4. The van der Waals surface area contributed by atoms with Gasteiger partial charge in [-0.15, -0.1) is 0 Å². The van der Waals surface area contributed by atoms with E-state index in [1.165, 1.54) is 39.3 Å². The zero-order valence-corrected chi connectivity index (χ0v) is 16.5. The van der Waals surface area contributed by atoms with Gasteiger partial charge in [-0.1, -0.05) is 0 Å². The van der Waals surface area contributed by atoms with Crippen LogP contribution < -0.4 is 11.1 Å². The van der Waals surface area contributed by atoms with E-state index in [-0.39, 0.29) is 16.8 Å². The first kappa shape index (κ1) is 22.2. The number of nitrogen functional groups attached to an aromatic ring is 1. The average Bonchev–Trinajstić information content (AvgIpc) is 2.74. The zero-order chi connectivity index (χ0) is 22.3. The number of azo groups is 1. The Morgan fingerprint density at radius 3 is 2.17 bits per heavy atom. The van der Waals surface area contributed by atoms with Gasteiger partial charge in [0.15, 0.2) is 5.78 Å². The number of benzene rings is 2. The minimum atomic E-state index is -1.48. The molecule has 0 bridgehead atoms. The zero-order valence-electron chi connectivity index (χ0n) is 16.5. The van der Waals surface area contributed by atoms with E-state index in [1.807, 2.05) is 0 Å². The SMILES string of the molecule is COC(=O)c1ccc(C(=O)OC)c(N=NC(C(C)=O)C(=O)Nc2ccc(N)cc2)c1. The minimum absolute atomic E-state index is 0.00449. The lowest BCUT2D eigenvalue weighted by Gasteiger charge is -2.10. The van der Waals surface area contributed by atoms with Gasteiger partial charge in [-0.2, -0.15) is 10.2 Å². The molecule has 2 aromatic rings. The molecule has 1 unspecified atom stereocenters. The van der Waals surface area contributed by atoms with E-state index in [4.69, 9.17) is 5.73 Å². The number of Topliss-reactive ketones (excluding diaryl/α,β-unsaturated/α-hetero) is 1. The standard InChI is InChI=1S/C20H20N4O6/c1-11(25)17(18(26)22-14-7-5-13(21)6-8-14)24-23-16-10-12(19(27)29-2)4-9-15(16)20(28)30-3/h4-10,17H,21H2,1-3H3,(H,22,26). The number of amides is 1. The second kappa shape index (κ2) is 9.92. The predicted octanol–water partition coefficient (Wildman–Crippen LogP) is 2.52. The normalized spacial score (nSPS) is 11.6. The summed E-state index contributed by atoms with van der Waals surface area (Å²) >= 11 is 0. The van der Waals surface area contributed by atoms with Crippen LogP contribution >= 0.6 is 0 Å². The number of carbonyl (C=O) groups is 4. The van der Waals surface area contributed by atoms with Gasteiger partial charge in [0.1, 0.15) is 5.69 Å². The Morgan fingerprint density at radius 2 is 1.60 bits per heavy atom. The third-order valence-electron chi connectivity index (χ3n) is 3.92. The van der Waals surface area contributed by atoms with Gasteiger partial charge in [-0.05, 0) is 49.4 Å². The van der Waals surface area contributed by atoms with Crippen molar-refractivity contribution in [1.82, 2.24) is 0 Å². The lowest BCUT2D eigenvalue weighted by atomic mass is 10.1. The lowest BCUT2D eigenvalue weighted by Crippen LogP contribution is -2.31. The Labute approximate surface area is 172 Å². The largest absolute Gasteiger partial charge is 0.465 e. The summed E-state index contributed by atoms with van der Waals surface area (Å²) in [6.07, 6.45) is 0. The van der Waals surface area contributed by atoms with E-state index < -0.39 is 29.7 Å². The molecule has 10 heteroatoms. The van der Waals surface area contributed by atoms with Crippen LogP contribution in [-0.4, -0.2) is 43.9 Å². The van der Waals surface area contributed by atoms with Crippen LogP contribution in [-0.2, 0) is 19.1 Å². The van der Waals surface area contributed by atoms with Crippen molar-refractivity contribution in [2.75, 3.05) is 25.3 Å². The molecule has 0 spiro atoms. The number of rotatable bonds is 7. The van der Waals surface area contributed by atoms with Gasteiger partial charge in [0.2, 0.25) is 6.04 Å². The van der Waals surface area contributed by atoms with Crippen molar-refractivity contribution in [2.24, 2.45) is 10.2 Å². The third-order valence-corrected chi connectivity index (χ3v) is 3.92. The van der Waals surface area contributed by atoms with Crippen molar-refractivity contribution in [3.05, 3.63) is 53.6 Å². The van der Waals surface area contributed by atoms with Crippen LogP contribution in [0.15, 0.2) is 52.7 Å². The Morgan fingerprint density at radius 1 is 0.967 bits per heavy atom. The molecule has 2 aromatic carbocycles. The fourth-order valence-corrected chi connectivity index (χ4v) is 2.36. The lowest BCUT2D eigenvalue weighted by molar-refractivity contribution is -0.126. The molecule has 0 saturated heterocycles. The molecule has 0 aliphatic heterocycles. The van der Waals surface area contributed by atoms with E-state index in [9.17, 15) is 19.2 Å². The molecule has 10 nitrogen and oxygen atoms in total. The van der Waals surface area contributed by atoms with E-state index in [2.05, 4.69) is 25.0 Å². The average molecular weight is 412 g/mol. The number of ketones is 1. The first-order valence-electron chi connectivity index (χ1n) is 8.65. The molecule has 1 amide bonds. The van der Waals surface area contributed by atoms with Gasteiger partial charge in [0.05, 0.1) is 25.3 Å². The van der Waals surface area contributed by atoms with Crippen molar-refractivity contribution in [3.8, 4) is 0 Å². The summed E-state index contributed by atoms with van der Waals surface area (Å²) in [7, 11) is 2.38. The summed E-state index contributed by atoms with van der Waals surface area (Å²) in [5.41, 5.74) is 6.56. The van der Waals surface area contributed by atoms with Crippen LogP contribution in [0.5, 0.6) is 0 Å². The summed E-state index contributed by atoms with van der Waals surface area (Å²) in [6, 6.07) is 8.73. The molecule has 0 aromatic heterocycles. The molecule has 0 saturated carbocycles. The van der Waals surface area contributed by atoms with Crippen molar-refractivity contribution < 1.29 is 28.7 Å². The van der Waals surface area contributed by atoms with Gasteiger partial charge in [-0.25, -0.2) is 9.59 Å². The second-order valence-electron chi connectivity index (χ2n) is 6.06.